The molecule has 0 aromatic carbocycles. The highest BCUT2D eigenvalue weighted by atomic mass is 16.6. The maximum Gasteiger partial charge on any atom is 0.306 e. The van der Waals surface area contributed by atoms with Crippen molar-refractivity contribution in [2.75, 3.05) is 13.2 Å². The standard InChI is InChI=1S/C68H118O6/c1-4-7-10-13-16-19-22-24-26-28-30-31-32-33-34-35-36-38-39-41-43-46-49-52-55-58-61-67(70)73-64-65(63-72-66(69)60-57-54-51-48-45-21-18-15-12-9-6-3)74-68(71)62-59-56-53-50-47-44-42-40-37-29-27-25-23-20-17-14-11-8-5-2/h8,11,15,17-18,20,25,27,37,40,44,47,53,56,65H,4-7,9-10,12-14,16,19,21-24,26,28-36,38-39,41-43,45-46,48-52,54-55,57-64H2,1-3H3/b11-8-,18-15-,20-17-,27-25-,40-37-,47-44-,56-53-. The summed E-state index contributed by atoms with van der Waals surface area (Å²) in [4.78, 5) is 38.2. The number of unbranched alkanes of at least 4 members (excludes halogenated alkanes) is 32. The first-order valence-corrected chi connectivity index (χ1v) is 31.6. The number of hydrogen-bond acceptors (Lipinski definition) is 6. The summed E-state index contributed by atoms with van der Waals surface area (Å²) in [7, 11) is 0. The molecule has 74 heavy (non-hydrogen) atoms. The number of rotatable bonds is 57. The monoisotopic (exact) mass is 1030 g/mol. The van der Waals surface area contributed by atoms with Gasteiger partial charge in [-0.1, -0.05) is 298 Å². The van der Waals surface area contributed by atoms with Gasteiger partial charge in [0, 0.05) is 19.3 Å². The van der Waals surface area contributed by atoms with E-state index in [1.54, 1.807) is 0 Å². The zero-order valence-corrected chi connectivity index (χ0v) is 48.8. The maximum absolute atomic E-state index is 12.8. The Kier molecular flexibility index (Phi) is 59.3. The second-order valence-corrected chi connectivity index (χ2v) is 20.9. The van der Waals surface area contributed by atoms with E-state index in [1.165, 1.54) is 173 Å². The Bertz CT molecular complexity index is 1420. The lowest BCUT2D eigenvalue weighted by Crippen LogP contribution is -2.30. The van der Waals surface area contributed by atoms with Crippen LogP contribution in [0.1, 0.15) is 310 Å². The lowest BCUT2D eigenvalue weighted by Gasteiger charge is -2.18. The zero-order chi connectivity index (χ0) is 53.6. The lowest BCUT2D eigenvalue weighted by atomic mass is 10.0. The summed E-state index contributed by atoms with van der Waals surface area (Å²) >= 11 is 0. The van der Waals surface area contributed by atoms with E-state index in [1.807, 2.05) is 6.08 Å². The van der Waals surface area contributed by atoms with Crippen molar-refractivity contribution in [2.45, 2.75) is 316 Å². The highest BCUT2D eigenvalue weighted by Gasteiger charge is 2.19. The minimum atomic E-state index is -0.819. The van der Waals surface area contributed by atoms with E-state index in [9.17, 15) is 14.4 Å². The van der Waals surface area contributed by atoms with Crippen molar-refractivity contribution in [3.05, 3.63) is 85.1 Å². The summed E-state index contributed by atoms with van der Waals surface area (Å²) in [5.74, 6) is -0.992. The van der Waals surface area contributed by atoms with E-state index in [0.29, 0.717) is 19.3 Å². The molecular formula is C68H118O6. The Morgan fingerprint density at radius 3 is 0.919 bits per heavy atom. The number of ether oxygens (including phenoxy) is 3. The molecule has 6 nitrogen and oxygen atoms in total. The van der Waals surface area contributed by atoms with Gasteiger partial charge in [0.05, 0.1) is 0 Å². The molecule has 0 saturated carbocycles. The second kappa shape index (κ2) is 62.1. The first-order chi connectivity index (χ1) is 36.5. The average Bonchev–Trinajstić information content (AvgIpc) is 3.40. The molecule has 0 fully saturated rings. The highest BCUT2D eigenvalue weighted by Crippen LogP contribution is 2.17. The van der Waals surface area contributed by atoms with Crippen molar-refractivity contribution in [1.29, 1.82) is 0 Å². The number of carbonyl (C=O) groups is 3. The molecule has 6 heteroatoms. The normalized spacial score (nSPS) is 12.6. The molecule has 0 spiro atoms. The van der Waals surface area contributed by atoms with Crippen LogP contribution in [0.5, 0.6) is 0 Å². The minimum absolute atomic E-state index is 0.107. The molecule has 426 valence electrons. The molecule has 0 N–H and O–H groups in total. The van der Waals surface area contributed by atoms with Gasteiger partial charge in [-0.25, -0.2) is 0 Å². The molecule has 0 aromatic heterocycles. The van der Waals surface area contributed by atoms with Gasteiger partial charge in [0.15, 0.2) is 6.10 Å². The Labute approximate surface area is 458 Å². The molecule has 0 aliphatic heterocycles. The molecule has 1 atom stereocenters. The third-order valence-corrected chi connectivity index (χ3v) is 13.6. The first-order valence-electron chi connectivity index (χ1n) is 31.6. The fraction of sp³-hybridized carbons (Fsp3) is 0.750. The molecule has 0 amide bonds. The molecule has 1 unspecified atom stereocenters. The number of esters is 3. The van der Waals surface area contributed by atoms with Crippen molar-refractivity contribution in [1.82, 2.24) is 0 Å². The molecule has 0 rings (SSSR count). The quantitative estimate of drug-likeness (QED) is 0.0261. The Morgan fingerprint density at radius 1 is 0.284 bits per heavy atom. The average molecular weight is 1030 g/mol. The van der Waals surface area contributed by atoms with E-state index in [-0.39, 0.29) is 31.6 Å². The van der Waals surface area contributed by atoms with Crippen molar-refractivity contribution in [3.8, 4) is 0 Å². The van der Waals surface area contributed by atoms with Crippen LogP contribution in [0.15, 0.2) is 85.1 Å². The van der Waals surface area contributed by atoms with Gasteiger partial charge in [0.1, 0.15) is 13.2 Å². The van der Waals surface area contributed by atoms with Crippen LogP contribution >= 0.6 is 0 Å². The zero-order valence-electron chi connectivity index (χ0n) is 48.8. The molecule has 0 aliphatic rings. The van der Waals surface area contributed by atoms with Gasteiger partial charge in [0.25, 0.3) is 0 Å². The van der Waals surface area contributed by atoms with Crippen LogP contribution in [0.25, 0.3) is 0 Å². The SMILES string of the molecule is CC/C=C\C/C=C\C/C=C\C/C=C\C/C=C\C/C=C\CCC(=O)OC(COC(=O)CCCCCCC/C=C\CCCC)COC(=O)CCCCCCCCCCCCCCCCCCCCCCCCCCCC. The molecule has 0 aromatic rings. The fourth-order valence-corrected chi connectivity index (χ4v) is 8.92. The van der Waals surface area contributed by atoms with Crippen molar-refractivity contribution >= 4 is 17.9 Å². The first kappa shape index (κ1) is 70.6. The lowest BCUT2D eigenvalue weighted by molar-refractivity contribution is -0.166. The molecule has 0 aliphatic carbocycles. The fourth-order valence-electron chi connectivity index (χ4n) is 8.92. The van der Waals surface area contributed by atoms with Crippen molar-refractivity contribution in [2.24, 2.45) is 0 Å². The number of carbonyl (C=O) groups excluding carboxylic acids is 3. The Morgan fingerprint density at radius 2 is 0.568 bits per heavy atom. The van der Waals surface area contributed by atoms with Crippen LogP contribution in [0.2, 0.25) is 0 Å². The van der Waals surface area contributed by atoms with Crippen LogP contribution in [-0.4, -0.2) is 37.2 Å². The predicted molar refractivity (Wildman–Crippen MR) is 321 cm³/mol. The van der Waals surface area contributed by atoms with Gasteiger partial charge >= 0.3 is 17.9 Å². The Balaban J connectivity index is 4.30. The van der Waals surface area contributed by atoms with Gasteiger partial charge in [-0.05, 0) is 77.0 Å². The van der Waals surface area contributed by atoms with E-state index < -0.39 is 12.1 Å². The predicted octanol–water partition coefficient (Wildman–Crippen LogP) is 21.5. The van der Waals surface area contributed by atoms with Gasteiger partial charge < -0.3 is 14.2 Å². The van der Waals surface area contributed by atoms with Crippen LogP contribution in [0, 0.1) is 0 Å². The Hall–Kier alpha value is -3.41. The molecule has 0 radical (unpaired) electrons. The summed E-state index contributed by atoms with van der Waals surface area (Å²) in [5, 5.41) is 0. The van der Waals surface area contributed by atoms with Gasteiger partial charge in [-0.3, -0.25) is 14.4 Å². The van der Waals surface area contributed by atoms with Crippen LogP contribution in [0.4, 0.5) is 0 Å². The van der Waals surface area contributed by atoms with Crippen LogP contribution < -0.4 is 0 Å². The summed E-state index contributed by atoms with van der Waals surface area (Å²) < 4.78 is 16.8. The second-order valence-electron chi connectivity index (χ2n) is 20.9. The smallest absolute Gasteiger partial charge is 0.306 e. The number of hydrogen-bond donors (Lipinski definition) is 0. The van der Waals surface area contributed by atoms with Crippen LogP contribution in [0.3, 0.4) is 0 Å². The molecule has 0 bridgehead atoms. The largest absolute Gasteiger partial charge is 0.462 e. The van der Waals surface area contributed by atoms with Crippen molar-refractivity contribution in [3.63, 3.8) is 0 Å². The van der Waals surface area contributed by atoms with Gasteiger partial charge in [-0.2, -0.15) is 0 Å². The van der Waals surface area contributed by atoms with E-state index in [2.05, 4.69) is 99.8 Å². The maximum atomic E-state index is 12.8. The van der Waals surface area contributed by atoms with Crippen molar-refractivity contribution < 1.29 is 28.6 Å². The molecule has 0 heterocycles. The third kappa shape index (κ3) is 59.5. The van der Waals surface area contributed by atoms with E-state index >= 15 is 0 Å². The third-order valence-electron chi connectivity index (χ3n) is 13.6. The van der Waals surface area contributed by atoms with Gasteiger partial charge in [-0.15, -0.1) is 0 Å². The topological polar surface area (TPSA) is 78.9 Å². The van der Waals surface area contributed by atoms with E-state index in [4.69, 9.17) is 14.2 Å². The number of allylic oxidation sites excluding steroid dienone is 14. The summed E-state index contributed by atoms with van der Waals surface area (Å²) in [6, 6.07) is 0. The van der Waals surface area contributed by atoms with Crippen LogP contribution in [-0.2, 0) is 28.6 Å². The van der Waals surface area contributed by atoms with E-state index in [0.717, 1.165) is 89.9 Å². The van der Waals surface area contributed by atoms with Gasteiger partial charge in [0.2, 0.25) is 0 Å². The molecule has 0 saturated heterocycles. The summed E-state index contributed by atoms with van der Waals surface area (Å²) in [6.45, 7) is 6.45. The molecular weight excluding hydrogens is 913 g/mol. The summed E-state index contributed by atoms with van der Waals surface area (Å²) in [5.41, 5.74) is 0. The summed E-state index contributed by atoms with van der Waals surface area (Å²) in [6.07, 6.45) is 81.9. The highest BCUT2D eigenvalue weighted by molar-refractivity contribution is 5.71. The minimum Gasteiger partial charge on any atom is -0.462 e.